The van der Waals surface area contributed by atoms with Gasteiger partial charge >= 0.3 is 0 Å². The molecule has 1 atom stereocenters. The zero-order chi connectivity index (χ0) is 15.9. The van der Waals surface area contributed by atoms with Crippen LogP contribution in [-0.4, -0.2) is 15.8 Å². The van der Waals surface area contributed by atoms with Crippen LogP contribution in [0, 0.1) is 0 Å². The van der Waals surface area contributed by atoms with Crippen molar-refractivity contribution in [3.63, 3.8) is 0 Å². The third-order valence-corrected chi connectivity index (χ3v) is 4.35. The van der Waals surface area contributed by atoms with Gasteiger partial charge in [-0.05, 0) is 28.9 Å². The number of nitrogens with two attached hydrogens (primary N) is 1. The highest BCUT2D eigenvalue weighted by atomic mass is 16.1. The average molecular weight is 295 g/mol. The number of rotatable bonds is 1. The van der Waals surface area contributed by atoms with Crippen LogP contribution in [0.25, 0.3) is 0 Å². The van der Waals surface area contributed by atoms with Crippen molar-refractivity contribution >= 4 is 11.6 Å². The van der Waals surface area contributed by atoms with E-state index in [9.17, 15) is 4.79 Å². The third-order valence-electron chi connectivity index (χ3n) is 4.35. The molecule has 1 aromatic heterocycles. The van der Waals surface area contributed by atoms with E-state index < -0.39 is 0 Å². The number of nitrogens with zero attached hydrogens (tertiary/aromatic N) is 2. The van der Waals surface area contributed by atoms with Crippen LogP contribution in [-0.2, 0) is 11.8 Å². The summed E-state index contributed by atoms with van der Waals surface area (Å²) in [6.45, 7) is 6.59. The largest absolute Gasteiger partial charge is 0.383 e. The highest BCUT2D eigenvalue weighted by Gasteiger charge is 2.29. The third kappa shape index (κ3) is 2.61. The molecule has 0 fully saturated rings. The predicted octanol–water partition coefficient (Wildman–Crippen LogP) is 3.27. The molecule has 2 N–H and O–H groups in total. The monoisotopic (exact) mass is 295 g/mol. The summed E-state index contributed by atoms with van der Waals surface area (Å²) in [5, 5.41) is 0. The van der Waals surface area contributed by atoms with Crippen LogP contribution < -0.4 is 5.73 Å². The Hall–Kier alpha value is -2.23. The lowest BCUT2D eigenvalue weighted by molar-refractivity contribution is 0.0963. The molecule has 0 bridgehead atoms. The van der Waals surface area contributed by atoms with Crippen molar-refractivity contribution in [2.24, 2.45) is 0 Å². The molecule has 0 saturated carbocycles. The summed E-state index contributed by atoms with van der Waals surface area (Å²) in [5.41, 5.74) is 9.72. The van der Waals surface area contributed by atoms with E-state index in [2.05, 4.69) is 55.0 Å². The maximum Gasteiger partial charge on any atom is 0.169 e. The second-order valence-corrected chi connectivity index (χ2v) is 6.98. The van der Waals surface area contributed by atoms with E-state index in [1.54, 1.807) is 0 Å². The second kappa shape index (κ2) is 5.20. The van der Waals surface area contributed by atoms with Crippen molar-refractivity contribution in [1.29, 1.82) is 0 Å². The van der Waals surface area contributed by atoms with Gasteiger partial charge in [0.15, 0.2) is 5.78 Å². The molecule has 1 heterocycles. The maximum absolute atomic E-state index is 12.4. The Labute approximate surface area is 130 Å². The van der Waals surface area contributed by atoms with Crippen LogP contribution >= 0.6 is 0 Å². The zero-order valence-electron chi connectivity index (χ0n) is 13.3. The first-order valence-corrected chi connectivity index (χ1v) is 7.59. The molecular formula is C18H21N3O. The van der Waals surface area contributed by atoms with Gasteiger partial charge in [0.2, 0.25) is 0 Å². The topological polar surface area (TPSA) is 68.9 Å². The first-order chi connectivity index (χ1) is 10.4. The van der Waals surface area contributed by atoms with Gasteiger partial charge < -0.3 is 5.73 Å². The molecule has 2 aromatic rings. The maximum atomic E-state index is 12.4. The van der Waals surface area contributed by atoms with Gasteiger partial charge in [0, 0.05) is 6.42 Å². The van der Waals surface area contributed by atoms with E-state index in [1.165, 1.54) is 17.5 Å². The number of benzene rings is 1. The molecule has 3 rings (SSSR count). The van der Waals surface area contributed by atoms with Crippen LogP contribution in [0.5, 0.6) is 0 Å². The van der Waals surface area contributed by atoms with Crippen LogP contribution in [0.1, 0.15) is 60.3 Å². The number of fused-ring (bicyclic) bond motifs is 1. The van der Waals surface area contributed by atoms with Crippen molar-refractivity contribution in [2.75, 3.05) is 5.73 Å². The molecule has 1 aliphatic rings. The summed E-state index contributed by atoms with van der Waals surface area (Å²) in [7, 11) is 0. The summed E-state index contributed by atoms with van der Waals surface area (Å²) in [6.07, 6.45) is 2.65. The molecule has 22 heavy (non-hydrogen) atoms. The molecular weight excluding hydrogens is 274 g/mol. The molecule has 0 aliphatic heterocycles. The number of hydrogen-bond donors (Lipinski definition) is 1. The number of hydrogen-bond acceptors (Lipinski definition) is 4. The molecule has 0 amide bonds. The molecule has 0 radical (unpaired) electrons. The lowest BCUT2D eigenvalue weighted by Crippen LogP contribution is -2.22. The van der Waals surface area contributed by atoms with Gasteiger partial charge in [0.05, 0.1) is 11.3 Å². The van der Waals surface area contributed by atoms with Crippen molar-refractivity contribution in [3.05, 3.63) is 53.0 Å². The molecule has 4 nitrogen and oxygen atoms in total. The Bertz CT molecular complexity index is 714. The van der Waals surface area contributed by atoms with E-state index in [0.29, 0.717) is 17.8 Å². The minimum atomic E-state index is 0.0456. The van der Waals surface area contributed by atoms with Gasteiger partial charge in [0.25, 0.3) is 0 Å². The molecule has 1 aliphatic carbocycles. The van der Waals surface area contributed by atoms with E-state index in [-0.39, 0.29) is 17.1 Å². The number of carbonyl (C=O) groups is 1. The first kappa shape index (κ1) is 14.7. The Morgan fingerprint density at radius 2 is 1.77 bits per heavy atom. The number of nitrogen functional groups attached to an aromatic ring is 1. The smallest absolute Gasteiger partial charge is 0.169 e. The standard InChI is InChI=1S/C18H21N3O/c1-18(2,3)13-6-4-11(5-7-13)12-8-14-16(15(22)9-12)17(19)21-10-20-14/h4-7,10,12H,8-9H2,1-3H3,(H2,19,20,21)/t12-/m1/s1. The lowest BCUT2D eigenvalue weighted by Gasteiger charge is -2.25. The van der Waals surface area contributed by atoms with Crippen molar-refractivity contribution in [3.8, 4) is 0 Å². The Morgan fingerprint density at radius 1 is 1.09 bits per heavy atom. The highest BCUT2D eigenvalue weighted by Crippen LogP contribution is 2.34. The van der Waals surface area contributed by atoms with Crippen LogP contribution in [0.2, 0.25) is 0 Å². The molecule has 1 aromatic carbocycles. The van der Waals surface area contributed by atoms with Crippen LogP contribution in [0.15, 0.2) is 30.6 Å². The van der Waals surface area contributed by atoms with Gasteiger partial charge in [-0.25, -0.2) is 9.97 Å². The summed E-state index contributed by atoms with van der Waals surface area (Å²) in [4.78, 5) is 20.5. The van der Waals surface area contributed by atoms with Gasteiger partial charge in [-0.2, -0.15) is 0 Å². The zero-order valence-corrected chi connectivity index (χ0v) is 13.3. The van der Waals surface area contributed by atoms with E-state index in [4.69, 9.17) is 5.73 Å². The van der Waals surface area contributed by atoms with Crippen LogP contribution in [0.3, 0.4) is 0 Å². The molecule has 114 valence electrons. The summed E-state index contributed by atoms with van der Waals surface area (Å²) < 4.78 is 0. The quantitative estimate of drug-likeness (QED) is 0.876. The molecule has 0 spiro atoms. The summed E-state index contributed by atoms with van der Waals surface area (Å²) in [5.74, 6) is 0.518. The lowest BCUT2D eigenvalue weighted by atomic mass is 9.80. The van der Waals surface area contributed by atoms with Crippen molar-refractivity contribution in [2.45, 2.75) is 44.9 Å². The van der Waals surface area contributed by atoms with Crippen molar-refractivity contribution < 1.29 is 4.79 Å². The predicted molar refractivity (Wildman–Crippen MR) is 87.0 cm³/mol. The minimum absolute atomic E-state index is 0.0456. The summed E-state index contributed by atoms with van der Waals surface area (Å²) in [6, 6.07) is 8.58. The number of Topliss-reactive ketones (excluding diaryl/α,β-unsaturated/α-hetero) is 1. The van der Waals surface area contributed by atoms with Crippen LogP contribution in [0.4, 0.5) is 5.82 Å². The van der Waals surface area contributed by atoms with Gasteiger partial charge in [-0.1, -0.05) is 45.0 Å². The fraction of sp³-hybridized carbons (Fsp3) is 0.389. The fourth-order valence-corrected chi connectivity index (χ4v) is 3.02. The van der Waals surface area contributed by atoms with Crippen molar-refractivity contribution in [1.82, 2.24) is 9.97 Å². The Morgan fingerprint density at radius 3 is 2.41 bits per heavy atom. The number of aromatic nitrogens is 2. The van der Waals surface area contributed by atoms with E-state index in [0.717, 1.165) is 12.1 Å². The number of carbonyl (C=O) groups excluding carboxylic acids is 1. The van der Waals surface area contributed by atoms with E-state index >= 15 is 0 Å². The summed E-state index contributed by atoms with van der Waals surface area (Å²) >= 11 is 0. The average Bonchev–Trinajstić information content (AvgIpc) is 2.46. The highest BCUT2D eigenvalue weighted by molar-refractivity contribution is 6.02. The van der Waals surface area contributed by atoms with Gasteiger partial charge in [0.1, 0.15) is 12.1 Å². The first-order valence-electron chi connectivity index (χ1n) is 7.59. The van der Waals surface area contributed by atoms with E-state index in [1.807, 2.05) is 0 Å². The van der Waals surface area contributed by atoms with Gasteiger partial charge in [-0.15, -0.1) is 0 Å². The second-order valence-electron chi connectivity index (χ2n) is 6.98. The fourth-order valence-electron chi connectivity index (χ4n) is 3.02. The van der Waals surface area contributed by atoms with Gasteiger partial charge in [-0.3, -0.25) is 4.79 Å². The Balaban J connectivity index is 1.90. The normalized spacial score (nSPS) is 18.1. The Kier molecular flexibility index (Phi) is 3.47. The molecule has 0 saturated heterocycles. The molecule has 4 heteroatoms. The number of anilines is 1. The molecule has 0 unspecified atom stereocenters. The minimum Gasteiger partial charge on any atom is -0.383 e. The number of ketones is 1. The SMILES string of the molecule is CC(C)(C)c1ccc([C@H]2CC(=O)c3c(N)ncnc3C2)cc1.